The number of rotatable bonds is 6. The Hall–Kier alpha value is -0.950. The molecule has 0 aliphatic rings. The van der Waals surface area contributed by atoms with Crippen molar-refractivity contribution in [3.05, 3.63) is 0 Å². The molecule has 6 nitrogen and oxygen atoms in total. The van der Waals surface area contributed by atoms with Crippen LogP contribution in [0.25, 0.3) is 0 Å². The molecule has 0 radical (unpaired) electrons. The lowest BCUT2D eigenvalue weighted by atomic mass is 10.1. The summed E-state index contributed by atoms with van der Waals surface area (Å²) >= 11 is 0. The third kappa shape index (κ3) is 4.08. The van der Waals surface area contributed by atoms with Crippen LogP contribution in [0.15, 0.2) is 0 Å². The Morgan fingerprint density at radius 1 is 1.35 bits per heavy atom. The molecule has 0 spiro atoms. The first-order chi connectivity index (χ1) is 7.54. The summed E-state index contributed by atoms with van der Waals surface area (Å²) in [6, 6.07) is 0. The van der Waals surface area contributed by atoms with E-state index in [9.17, 15) is 18.0 Å². The Morgan fingerprint density at radius 3 is 2.18 bits per heavy atom. The van der Waals surface area contributed by atoms with Crippen LogP contribution in [0.1, 0.15) is 34.1 Å². The fourth-order valence-electron chi connectivity index (χ4n) is 0.884. The average molecular weight is 265 g/mol. The molecule has 1 amide bonds. The quantitative estimate of drug-likeness (QED) is 0.676. The zero-order chi connectivity index (χ0) is 13.9. The largest absolute Gasteiger partial charge is 0.349 e. The van der Waals surface area contributed by atoms with Crippen LogP contribution in [-0.2, 0) is 19.7 Å². The minimum Gasteiger partial charge on any atom is -0.349 e. The van der Waals surface area contributed by atoms with Gasteiger partial charge in [-0.3, -0.25) is 14.1 Å². The van der Waals surface area contributed by atoms with Crippen LogP contribution in [0, 0.1) is 5.92 Å². The molecule has 1 unspecified atom stereocenters. The normalized spacial score (nSPS) is 14.2. The van der Waals surface area contributed by atoms with Crippen molar-refractivity contribution in [2.24, 2.45) is 5.92 Å². The molecule has 7 heteroatoms. The second-order valence-corrected chi connectivity index (χ2v) is 6.41. The van der Waals surface area contributed by atoms with Gasteiger partial charge in [-0.15, -0.1) is 0 Å². The van der Waals surface area contributed by atoms with Crippen molar-refractivity contribution in [2.75, 3.05) is 6.54 Å². The van der Waals surface area contributed by atoms with Crippen molar-refractivity contribution in [3.63, 3.8) is 0 Å². The van der Waals surface area contributed by atoms with Crippen molar-refractivity contribution >= 4 is 21.8 Å². The maximum absolute atomic E-state index is 11.6. The Balaban J connectivity index is 4.54. The summed E-state index contributed by atoms with van der Waals surface area (Å²) in [6.07, 6.45) is 0.627. The minimum atomic E-state index is -4.48. The van der Waals surface area contributed by atoms with Gasteiger partial charge >= 0.3 is 0 Å². The predicted octanol–water partition coefficient (Wildman–Crippen LogP) is 0.384. The molecule has 0 aromatic heterocycles. The van der Waals surface area contributed by atoms with Crippen molar-refractivity contribution in [1.82, 2.24) is 5.32 Å². The molecule has 0 saturated heterocycles. The molecule has 0 aromatic rings. The molecule has 100 valence electrons. The van der Waals surface area contributed by atoms with E-state index in [-0.39, 0.29) is 11.8 Å². The molecule has 0 heterocycles. The number of nitrogens with one attached hydrogen (secondary N) is 1. The highest BCUT2D eigenvalue weighted by Crippen LogP contribution is 2.15. The fraction of sp³-hybridized carbons (Fsp3) is 0.800. The Kier molecular flexibility index (Phi) is 5.28. The van der Waals surface area contributed by atoms with Gasteiger partial charge in [0.15, 0.2) is 10.5 Å². The summed E-state index contributed by atoms with van der Waals surface area (Å²) in [4.78, 5) is 23.0. The van der Waals surface area contributed by atoms with Gasteiger partial charge < -0.3 is 5.32 Å². The maximum Gasteiger partial charge on any atom is 0.277 e. The average Bonchev–Trinajstić information content (AvgIpc) is 2.22. The molecule has 0 aliphatic heterocycles. The van der Waals surface area contributed by atoms with Crippen molar-refractivity contribution < 1.29 is 22.6 Å². The van der Waals surface area contributed by atoms with Crippen molar-refractivity contribution in [1.29, 1.82) is 0 Å². The van der Waals surface area contributed by atoms with Gasteiger partial charge in [0.2, 0.25) is 5.91 Å². The van der Waals surface area contributed by atoms with E-state index < -0.39 is 27.2 Å². The monoisotopic (exact) mass is 265 g/mol. The molecular weight excluding hydrogens is 246 g/mol. The molecule has 0 aromatic carbocycles. The minimum absolute atomic E-state index is 0.239. The van der Waals surface area contributed by atoms with Crippen LogP contribution in [-0.4, -0.2) is 36.0 Å². The summed E-state index contributed by atoms with van der Waals surface area (Å²) in [6.45, 7) is 5.32. The number of carbonyl (C=O) groups excluding carboxylic acids is 2. The molecule has 0 rings (SSSR count). The Bertz CT molecular complexity index is 399. The van der Waals surface area contributed by atoms with Crippen LogP contribution >= 0.6 is 0 Å². The van der Waals surface area contributed by atoms with Crippen molar-refractivity contribution in [2.45, 2.75) is 38.9 Å². The molecule has 17 heavy (non-hydrogen) atoms. The lowest BCUT2D eigenvalue weighted by molar-refractivity contribution is -0.128. The molecular formula is C10H19NO5S. The van der Waals surface area contributed by atoms with Gasteiger partial charge in [-0.2, -0.15) is 8.42 Å². The zero-order valence-electron chi connectivity index (χ0n) is 10.5. The first-order valence-corrected chi connectivity index (χ1v) is 6.76. The molecule has 1 atom stereocenters. The lowest BCUT2D eigenvalue weighted by Crippen LogP contribution is -2.46. The number of amides is 1. The second kappa shape index (κ2) is 5.59. The number of hydrogen-bond acceptors (Lipinski definition) is 4. The van der Waals surface area contributed by atoms with Gasteiger partial charge in [0.1, 0.15) is 0 Å². The van der Waals surface area contributed by atoms with Crippen LogP contribution in [0.5, 0.6) is 0 Å². The first-order valence-electron chi connectivity index (χ1n) is 5.32. The fourth-order valence-corrected chi connectivity index (χ4v) is 1.24. The molecule has 0 bridgehead atoms. The topological polar surface area (TPSA) is 101 Å². The maximum atomic E-state index is 11.6. The van der Waals surface area contributed by atoms with E-state index in [0.29, 0.717) is 6.42 Å². The van der Waals surface area contributed by atoms with Crippen LogP contribution in [0.2, 0.25) is 0 Å². The highest BCUT2D eigenvalue weighted by atomic mass is 32.2. The first kappa shape index (κ1) is 16.1. The van der Waals surface area contributed by atoms with E-state index in [0.717, 1.165) is 13.8 Å². The van der Waals surface area contributed by atoms with E-state index in [1.165, 1.54) is 0 Å². The smallest absolute Gasteiger partial charge is 0.277 e. The molecule has 2 N–H and O–H groups in total. The van der Waals surface area contributed by atoms with E-state index in [1.54, 1.807) is 6.92 Å². The summed E-state index contributed by atoms with van der Waals surface area (Å²) in [5.41, 5.74) is 0. The van der Waals surface area contributed by atoms with E-state index in [1.807, 2.05) is 6.92 Å². The molecule has 0 saturated carbocycles. The third-order valence-corrected chi connectivity index (χ3v) is 4.32. The lowest BCUT2D eigenvalue weighted by Gasteiger charge is -2.19. The molecule has 0 fully saturated rings. The second-order valence-electron chi connectivity index (χ2n) is 4.44. The van der Waals surface area contributed by atoms with E-state index in [2.05, 4.69) is 5.32 Å². The van der Waals surface area contributed by atoms with Crippen molar-refractivity contribution in [3.8, 4) is 0 Å². The van der Waals surface area contributed by atoms with Crippen LogP contribution in [0.3, 0.4) is 0 Å². The zero-order valence-corrected chi connectivity index (χ0v) is 11.3. The van der Waals surface area contributed by atoms with E-state index in [4.69, 9.17) is 4.55 Å². The number of hydrogen-bond donors (Lipinski definition) is 2. The van der Waals surface area contributed by atoms with Gasteiger partial charge in [0.25, 0.3) is 10.1 Å². The number of ketones is 1. The van der Waals surface area contributed by atoms with E-state index >= 15 is 0 Å². The number of carbonyl (C=O) groups is 2. The predicted molar refractivity (Wildman–Crippen MR) is 63.1 cm³/mol. The van der Waals surface area contributed by atoms with Gasteiger partial charge in [0.05, 0.1) is 6.54 Å². The Labute approximate surface area is 102 Å². The molecule has 0 aliphatic carbocycles. The highest BCUT2D eigenvalue weighted by Gasteiger charge is 2.40. The van der Waals surface area contributed by atoms with Gasteiger partial charge in [-0.1, -0.05) is 13.8 Å². The summed E-state index contributed by atoms with van der Waals surface area (Å²) in [5.74, 6) is -1.31. The van der Waals surface area contributed by atoms with Gasteiger partial charge in [-0.05, 0) is 20.3 Å². The third-order valence-electron chi connectivity index (χ3n) is 2.80. The summed E-state index contributed by atoms with van der Waals surface area (Å²) < 4.78 is 28.9. The summed E-state index contributed by atoms with van der Waals surface area (Å²) in [7, 11) is -4.48. The van der Waals surface area contributed by atoms with Crippen LogP contribution < -0.4 is 5.32 Å². The summed E-state index contributed by atoms with van der Waals surface area (Å²) in [5, 5.41) is 2.35. The van der Waals surface area contributed by atoms with Gasteiger partial charge in [0, 0.05) is 5.92 Å². The SMILES string of the molecule is CCC(C)C(=O)NCC(=O)C(C)(C)S(=O)(=O)O. The number of Topliss-reactive ketones (excluding diaryl/α,β-unsaturated/α-hetero) is 1. The van der Waals surface area contributed by atoms with Crippen LogP contribution in [0.4, 0.5) is 0 Å². The van der Waals surface area contributed by atoms with Gasteiger partial charge in [-0.25, -0.2) is 0 Å². The highest BCUT2D eigenvalue weighted by molar-refractivity contribution is 7.88. The Morgan fingerprint density at radius 2 is 1.82 bits per heavy atom. The standard InChI is InChI=1S/C10H19NO5S/c1-5-7(2)9(13)11-6-8(12)10(3,4)17(14,15)16/h7H,5-6H2,1-4H3,(H,11,13)(H,14,15,16).